The first-order valence-corrected chi connectivity index (χ1v) is 6.94. The molecule has 0 heterocycles. The number of halogens is 2. The molecule has 6 heteroatoms. The average Bonchev–Trinajstić information content (AvgIpc) is 2.86. The molecule has 114 valence electrons. The molecule has 2 aromatic carbocycles. The number of aryl methyl sites for hydroxylation is 1. The monoisotopic (exact) mass is 303 g/mol. The Labute approximate surface area is 126 Å². The minimum atomic E-state index is -0.903. The summed E-state index contributed by atoms with van der Waals surface area (Å²) in [6, 6.07) is 8.79. The van der Waals surface area contributed by atoms with Crippen molar-refractivity contribution >= 4 is 17.4 Å². The van der Waals surface area contributed by atoms with Gasteiger partial charge >= 0.3 is 6.03 Å². The predicted octanol–water partition coefficient (Wildman–Crippen LogP) is 3.36. The molecule has 4 N–H and O–H groups in total. The molecule has 0 aromatic heterocycles. The number of rotatable bonds is 2. The highest BCUT2D eigenvalue weighted by Crippen LogP contribution is 2.31. The summed E-state index contributed by atoms with van der Waals surface area (Å²) < 4.78 is 26.7. The normalized spacial score (nSPS) is 16.2. The van der Waals surface area contributed by atoms with Crippen molar-refractivity contribution in [2.24, 2.45) is 0 Å². The van der Waals surface area contributed by atoms with Crippen LogP contribution in [0.25, 0.3) is 0 Å². The van der Waals surface area contributed by atoms with Gasteiger partial charge in [0.25, 0.3) is 0 Å². The zero-order chi connectivity index (χ0) is 15.7. The lowest BCUT2D eigenvalue weighted by Crippen LogP contribution is -2.32. The third-order valence-corrected chi connectivity index (χ3v) is 3.76. The minimum absolute atomic E-state index is 0.124. The molecule has 0 spiro atoms. The second-order valence-electron chi connectivity index (χ2n) is 5.24. The molecule has 1 aliphatic rings. The largest absolute Gasteiger partial charge is 0.397 e. The van der Waals surface area contributed by atoms with E-state index in [4.69, 9.17) is 5.73 Å². The molecule has 4 nitrogen and oxygen atoms in total. The number of anilines is 2. The van der Waals surface area contributed by atoms with Gasteiger partial charge in [0.2, 0.25) is 0 Å². The zero-order valence-corrected chi connectivity index (χ0v) is 11.7. The Kier molecular flexibility index (Phi) is 3.66. The molecule has 2 aromatic rings. The number of carbonyl (C=O) groups is 1. The van der Waals surface area contributed by atoms with Crippen LogP contribution in [-0.2, 0) is 6.42 Å². The lowest BCUT2D eigenvalue weighted by atomic mass is 10.1. The van der Waals surface area contributed by atoms with Crippen LogP contribution in [0, 0.1) is 11.6 Å². The van der Waals surface area contributed by atoms with Gasteiger partial charge in [-0.25, -0.2) is 13.6 Å². The molecule has 0 bridgehead atoms. The molecule has 3 rings (SSSR count). The lowest BCUT2D eigenvalue weighted by Gasteiger charge is -2.16. The van der Waals surface area contributed by atoms with Gasteiger partial charge < -0.3 is 16.4 Å². The van der Waals surface area contributed by atoms with E-state index in [-0.39, 0.29) is 17.4 Å². The highest BCUT2D eigenvalue weighted by molar-refractivity contribution is 5.93. The molecule has 0 aliphatic heterocycles. The van der Waals surface area contributed by atoms with Crippen LogP contribution in [0.5, 0.6) is 0 Å². The topological polar surface area (TPSA) is 67.1 Å². The minimum Gasteiger partial charge on any atom is -0.397 e. The smallest absolute Gasteiger partial charge is 0.319 e. The van der Waals surface area contributed by atoms with Crippen LogP contribution in [0.4, 0.5) is 25.0 Å². The van der Waals surface area contributed by atoms with Gasteiger partial charge in [-0.2, -0.15) is 0 Å². The van der Waals surface area contributed by atoms with Crippen LogP contribution in [0.15, 0.2) is 36.4 Å². The van der Waals surface area contributed by atoms with Gasteiger partial charge in [-0.05, 0) is 30.0 Å². The van der Waals surface area contributed by atoms with Gasteiger partial charge in [0.1, 0.15) is 11.5 Å². The van der Waals surface area contributed by atoms with Crippen molar-refractivity contribution in [3.05, 3.63) is 59.2 Å². The second kappa shape index (κ2) is 5.63. The van der Waals surface area contributed by atoms with Crippen molar-refractivity contribution in [3.8, 4) is 0 Å². The quantitative estimate of drug-likeness (QED) is 0.745. The number of nitrogens with two attached hydrogens (primary N) is 1. The number of benzene rings is 2. The van der Waals surface area contributed by atoms with Crippen molar-refractivity contribution in [2.45, 2.75) is 18.9 Å². The van der Waals surface area contributed by atoms with E-state index in [2.05, 4.69) is 10.6 Å². The Morgan fingerprint density at radius 3 is 2.77 bits per heavy atom. The Hall–Kier alpha value is -2.63. The summed E-state index contributed by atoms with van der Waals surface area (Å²) >= 11 is 0. The SMILES string of the molecule is Nc1cc(F)cc(F)c1NC(=O)NC1CCc2ccccc21. The van der Waals surface area contributed by atoms with Crippen LogP contribution < -0.4 is 16.4 Å². The summed E-state index contributed by atoms with van der Waals surface area (Å²) in [6.07, 6.45) is 1.67. The summed E-state index contributed by atoms with van der Waals surface area (Å²) in [5.41, 5.74) is 7.42. The number of fused-ring (bicyclic) bond motifs is 1. The molecule has 1 aliphatic carbocycles. The van der Waals surface area contributed by atoms with E-state index >= 15 is 0 Å². The van der Waals surface area contributed by atoms with Gasteiger partial charge in [-0.1, -0.05) is 24.3 Å². The van der Waals surface area contributed by atoms with Gasteiger partial charge in [0, 0.05) is 6.07 Å². The van der Waals surface area contributed by atoms with E-state index in [1.165, 1.54) is 5.56 Å². The second-order valence-corrected chi connectivity index (χ2v) is 5.24. The van der Waals surface area contributed by atoms with Gasteiger partial charge in [0.15, 0.2) is 5.82 Å². The molecule has 1 unspecified atom stereocenters. The molecule has 0 radical (unpaired) electrons. The van der Waals surface area contributed by atoms with E-state index < -0.39 is 17.7 Å². The molecular formula is C16H15F2N3O. The zero-order valence-electron chi connectivity index (χ0n) is 11.7. The summed E-state index contributed by atoms with van der Waals surface area (Å²) in [5, 5.41) is 5.13. The van der Waals surface area contributed by atoms with E-state index in [1.807, 2.05) is 24.3 Å². The first-order valence-electron chi connectivity index (χ1n) is 6.94. The lowest BCUT2D eigenvalue weighted by molar-refractivity contribution is 0.248. The molecule has 22 heavy (non-hydrogen) atoms. The van der Waals surface area contributed by atoms with Crippen molar-refractivity contribution in [1.82, 2.24) is 5.32 Å². The number of amides is 2. The van der Waals surface area contributed by atoms with E-state index in [1.54, 1.807) is 0 Å². The van der Waals surface area contributed by atoms with Crippen LogP contribution in [0.3, 0.4) is 0 Å². The molecule has 0 saturated heterocycles. The fraction of sp³-hybridized carbons (Fsp3) is 0.188. The van der Waals surface area contributed by atoms with E-state index in [0.29, 0.717) is 6.07 Å². The van der Waals surface area contributed by atoms with Crippen molar-refractivity contribution < 1.29 is 13.6 Å². The Balaban J connectivity index is 1.72. The standard InChI is InChI=1S/C16H15F2N3O/c17-10-7-12(18)15(13(19)8-10)21-16(22)20-14-6-5-9-3-1-2-4-11(9)14/h1-4,7-8,14H,5-6,19H2,(H2,20,21,22). The fourth-order valence-electron chi connectivity index (χ4n) is 2.74. The third-order valence-electron chi connectivity index (χ3n) is 3.76. The van der Waals surface area contributed by atoms with Crippen LogP contribution in [0.2, 0.25) is 0 Å². The molecular weight excluding hydrogens is 288 g/mol. The van der Waals surface area contributed by atoms with Crippen molar-refractivity contribution in [1.29, 1.82) is 0 Å². The van der Waals surface area contributed by atoms with Crippen molar-refractivity contribution in [3.63, 3.8) is 0 Å². The number of hydrogen-bond donors (Lipinski definition) is 3. The Morgan fingerprint density at radius 1 is 1.23 bits per heavy atom. The van der Waals surface area contributed by atoms with Crippen LogP contribution >= 0.6 is 0 Å². The molecule has 0 fully saturated rings. The molecule has 1 atom stereocenters. The number of nitrogen functional groups attached to an aromatic ring is 1. The van der Waals surface area contributed by atoms with E-state index in [9.17, 15) is 13.6 Å². The Morgan fingerprint density at radius 2 is 2.00 bits per heavy atom. The molecule has 0 saturated carbocycles. The number of nitrogens with one attached hydrogen (secondary N) is 2. The molecule has 2 amide bonds. The third kappa shape index (κ3) is 2.72. The first kappa shape index (κ1) is 14.3. The van der Waals surface area contributed by atoms with E-state index in [0.717, 1.165) is 24.5 Å². The van der Waals surface area contributed by atoms with Crippen molar-refractivity contribution in [2.75, 3.05) is 11.1 Å². The number of hydrogen-bond acceptors (Lipinski definition) is 2. The average molecular weight is 303 g/mol. The van der Waals surface area contributed by atoms with Crippen LogP contribution in [-0.4, -0.2) is 6.03 Å². The summed E-state index contributed by atoms with van der Waals surface area (Å²) in [5.74, 6) is -1.69. The van der Waals surface area contributed by atoms with Crippen LogP contribution in [0.1, 0.15) is 23.6 Å². The maximum Gasteiger partial charge on any atom is 0.319 e. The Bertz CT molecular complexity index is 710. The summed E-state index contributed by atoms with van der Waals surface area (Å²) in [7, 11) is 0. The van der Waals surface area contributed by atoms with Gasteiger partial charge in [-0.15, -0.1) is 0 Å². The summed E-state index contributed by atoms with van der Waals surface area (Å²) in [4.78, 5) is 12.0. The number of urea groups is 1. The first-order chi connectivity index (χ1) is 10.5. The van der Waals surface area contributed by atoms with Gasteiger partial charge in [-0.3, -0.25) is 0 Å². The predicted molar refractivity (Wildman–Crippen MR) is 80.4 cm³/mol. The highest BCUT2D eigenvalue weighted by Gasteiger charge is 2.24. The van der Waals surface area contributed by atoms with Gasteiger partial charge in [0.05, 0.1) is 11.7 Å². The maximum absolute atomic E-state index is 13.7. The maximum atomic E-state index is 13.7. The number of carbonyl (C=O) groups excluding carboxylic acids is 1. The summed E-state index contributed by atoms with van der Waals surface area (Å²) in [6.45, 7) is 0. The fourth-order valence-corrected chi connectivity index (χ4v) is 2.74. The highest BCUT2D eigenvalue weighted by atomic mass is 19.1.